The van der Waals surface area contributed by atoms with E-state index < -0.39 is 11.2 Å². The summed E-state index contributed by atoms with van der Waals surface area (Å²) in [4.78, 5) is 44.2. The van der Waals surface area contributed by atoms with Crippen LogP contribution in [0.25, 0.3) is 17.3 Å². The topological polar surface area (TPSA) is 100 Å². The van der Waals surface area contributed by atoms with Gasteiger partial charge in [-0.2, -0.15) is 11.3 Å². The van der Waals surface area contributed by atoms with Crippen LogP contribution in [0.2, 0.25) is 5.02 Å². The van der Waals surface area contributed by atoms with Gasteiger partial charge in [0.25, 0.3) is 11.8 Å². The predicted molar refractivity (Wildman–Crippen MR) is 178 cm³/mol. The molecule has 7 nitrogen and oxygen atoms in total. The first kappa shape index (κ1) is 30.2. The number of halogens is 1. The van der Waals surface area contributed by atoms with Gasteiger partial charge in [-0.25, -0.2) is 4.98 Å². The fourth-order valence-electron chi connectivity index (χ4n) is 3.87. The molecule has 11 heteroatoms. The zero-order valence-corrected chi connectivity index (χ0v) is 25.9. The van der Waals surface area contributed by atoms with E-state index in [1.54, 1.807) is 48.5 Å². The van der Waals surface area contributed by atoms with E-state index in [0.29, 0.717) is 27.1 Å². The SMILES string of the molecule is CC(Sc1ccc(NC(=O)/C(=C/c2ccsc2)NC(=O)c2ccccc2)cc1)C(=O)Nc1nc(-c2ccccc2Cl)cs1. The molecule has 0 saturated heterocycles. The maximum absolute atomic E-state index is 13.2. The van der Waals surface area contributed by atoms with E-state index in [2.05, 4.69) is 20.9 Å². The predicted octanol–water partition coefficient (Wildman–Crippen LogP) is 8.05. The Kier molecular flexibility index (Phi) is 10.1. The number of amides is 3. The van der Waals surface area contributed by atoms with E-state index in [1.165, 1.54) is 34.4 Å². The number of aromatic nitrogens is 1. The van der Waals surface area contributed by atoms with Crippen LogP contribution in [0.1, 0.15) is 22.8 Å². The number of carbonyl (C=O) groups excluding carboxylic acids is 3. The summed E-state index contributed by atoms with van der Waals surface area (Å²) in [6, 6.07) is 25.2. The quantitative estimate of drug-likeness (QED) is 0.105. The monoisotopic (exact) mass is 644 g/mol. The van der Waals surface area contributed by atoms with Crippen molar-refractivity contribution in [3.05, 3.63) is 123 Å². The van der Waals surface area contributed by atoms with Crippen molar-refractivity contribution in [2.24, 2.45) is 0 Å². The average molecular weight is 645 g/mol. The maximum Gasteiger partial charge on any atom is 0.272 e. The van der Waals surface area contributed by atoms with Gasteiger partial charge in [-0.05, 0) is 77.9 Å². The highest BCUT2D eigenvalue weighted by Crippen LogP contribution is 2.31. The molecule has 1 unspecified atom stereocenters. The van der Waals surface area contributed by atoms with E-state index in [1.807, 2.05) is 65.5 Å². The molecule has 3 N–H and O–H groups in total. The second-order valence-electron chi connectivity index (χ2n) is 9.18. The Morgan fingerprint density at radius 2 is 1.65 bits per heavy atom. The highest BCUT2D eigenvalue weighted by molar-refractivity contribution is 8.00. The van der Waals surface area contributed by atoms with Gasteiger partial charge in [-0.1, -0.05) is 48.0 Å². The summed E-state index contributed by atoms with van der Waals surface area (Å²) in [5.74, 6) is -1.02. The van der Waals surface area contributed by atoms with E-state index in [9.17, 15) is 14.4 Å². The van der Waals surface area contributed by atoms with Crippen molar-refractivity contribution >= 4 is 80.7 Å². The normalized spacial score (nSPS) is 11.9. The van der Waals surface area contributed by atoms with E-state index in [-0.39, 0.29) is 17.5 Å². The summed E-state index contributed by atoms with van der Waals surface area (Å²) in [6.45, 7) is 1.81. The van der Waals surface area contributed by atoms with Crippen LogP contribution in [0.15, 0.2) is 112 Å². The number of hydrogen-bond donors (Lipinski definition) is 3. The molecule has 43 heavy (non-hydrogen) atoms. The Hall–Kier alpha value is -4.22. The minimum Gasteiger partial charge on any atom is -0.321 e. The van der Waals surface area contributed by atoms with Gasteiger partial charge in [0.2, 0.25) is 5.91 Å². The second-order valence-corrected chi connectivity index (χ2v) is 12.6. The Balaban J connectivity index is 1.19. The summed E-state index contributed by atoms with van der Waals surface area (Å²) >= 11 is 10.5. The smallest absolute Gasteiger partial charge is 0.272 e. The lowest BCUT2D eigenvalue weighted by molar-refractivity contribution is -0.115. The van der Waals surface area contributed by atoms with Crippen molar-refractivity contribution in [1.29, 1.82) is 0 Å². The molecule has 0 radical (unpaired) electrons. The Morgan fingerprint density at radius 1 is 0.907 bits per heavy atom. The summed E-state index contributed by atoms with van der Waals surface area (Å²) < 4.78 is 0. The van der Waals surface area contributed by atoms with Gasteiger partial charge in [0, 0.05) is 32.1 Å². The van der Waals surface area contributed by atoms with Crippen molar-refractivity contribution < 1.29 is 14.4 Å². The molecule has 0 aliphatic heterocycles. The van der Waals surface area contributed by atoms with Crippen LogP contribution in [0, 0.1) is 0 Å². The lowest BCUT2D eigenvalue weighted by Gasteiger charge is -2.13. The first-order chi connectivity index (χ1) is 20.9. The van der Waals surface area contributed by atoms with Gasteiger partial charge in [-0.15, -0.1) is 23.1 Å². The van der Waals surface area contributed by atoms with Gasteiger partial charge in [-0.3, -0.25) is 14.4 Å². The van der Waals surface area contributed by atoms with E-state index in [4.69, 9.17) is 11.6 Å². The van der Waals surface area contributed by atoms with Crippen LogP contribution < -0.4 is 16.0 Å². The fourth-order valence-corrected chi connectivity index (χ4v) is 6.30. The molecule has 0 saturated carbocycles. The summed E-state index contributed by atoms with van der Waals surface area (Å²) in [5.41, 5.74) is 3.43. The van der Waals surface area contributed by atoms with Gasteiger partial charge in [0.15, 0.2) is 5.13 Å². The standard InChI is InChI=1S/C32H25ClN4O3S3/c1-20(29(38)37-32-36-28(19-42-32)25-9-5-6-10-26(25)33)43-24-13-11-23(12-14-24)34-31(40)27(17-21-15-16-41-18-21)35-30(39)22-7-3-2-4-8-22/h2-20H,1H3,(H,34,40)(H,35,39)(H,36,37,38)/b27-17-. The molecule has 0 spiro atoms. The molecule has 0 aliphatic carbocycles. The van der Waals surface area contributed by atoms with Crippen LogP contribution in [-0.4, -0.2) is 28.0 Å². The highest BCUT2D eigenvalue weighted by atomic mass is 35.5. The first-order valence-corrected chi connectivity index (χ1v) is 16.1. The van der Waals surface area contributed by atoms with E-state index >= 15 is 0 Å². The molecule has 216 valence electrons. The molecule has 2 heterocycles. The van der Waals surface area contributed by atoms with E-state index in [0.717, 1.165) is 16.0 Å². The molecule has 0 fully saturated rings. The number of thiophene rings is 1. The van der Waals surface area contributed by atoms with Crippen molar-refractivity contribution in [3.63, 3.8) is 0 Å². The second kappa shape index (κ2) is 14.3. The number of nitrogens with one attached hydrogen (secondary N) is 3. The number of rotatable bonds is 10. The zero-order chi connectivity index (χ0) is 30.2. The van der Waals surface area contributed by atoms with Crippen molar-refractivity contribution in [1.82, 2.24) is 10.3 Å². The highest BCUT2D eigenvalue weighted by Gasteiger charge is 2.18. The molecule has 0 bridgehead atoms. The number of anilines is 2. The number of thioether (sulfide) groups is 1. The minimum absolute atomic E-state index is 0.121. The maximum atomic E-state index is 13.2. The van der Waals surface area contributed by atoms with Crippen LogP contribution in [0.4, 0.5) is 10.8 Å². The Bertz CT molecular complexity index is 1750. The molecule has 3 amide bonds. The van der Waals surface area contributed by atoms with Gasteiger partial charge >= 0.3 is 0 Å². The number of thiazole rings is 1. The Labute approximate surface area is 266 Å². The summed E-state index contributed by atoms with van der Waals surface area (Å²) in [7, 11) is 0. The lowest BCUT2D eigenvalue weighted by atomic mass is 10.2. The zero-order valence-electron chi connectivity index (χ0n) is 22.7. The average Bonchev–Trinajstić information content (AvgIpc) is 3.71. The molecule has 5 rings (SSSR count). The molecule has 1 atom stereocenters. The number of nitrogens with zero attached hydrogens (tertiary/aromatic N) is 1. The summed E-state index contributed by atoms with van der Waals surface area (Å²) in [5, 5.41) is 14.8. The lowest BCUT2D eigenvalue weighted by Crippen LogP contribution is -2.30. The van der Waals surface area contributed by atoms with Gasteiger partial charge in [0.1, 0.15) is 5.70 Å². The largest absolute Gasteiger partial charge is 0.321 e. The number of benzene rings is 3. The van der Waals surface area contributed by atoms with Crippen molar-refractivity contribution in [2.45, 2.75) is 17.1 Å². The number of hydrogen-bond acceptors (Lipinski definition) is 7. The van der Waals surface area contributed by atoms with Crippen LogP contribution in [-0.2, 0) is 9.59 Å². The van der Waals surface area contributed by atoms with Crippen molar-refractivity contribution in [2.75, 3.05) is 10.6 Å². The molecule has 0 aliphatic rings. The van der Waals surface area contributed by atoms with Crippen LogP contribution in [0.5, 0.6) is 0 Å². The molecule has 2 aromatic heterocycles. The van der Waals surface area contributed by atoms with Gasteiger partial charge < -0.3 is 16.0 Å². The molecular weight excluding hydrogens is 620 g/mol. The molecular formula is C32H25ClN4O3S3. The third kappa shape index (κ3) is 8.20. The third-order valence-electron chi connectivity index (χ3n) is 6.06. The third-order valence-corrected chi connectivity index (χ3v) is 8.96. The van der Waals surface area contributed by atoms with Crippen molar-refractivity contribution in [3.8, 4) is 11.3 Å². The summed E-state index contributed by atoms with van der Waals surface area (Å²) in [6.07, 6.45) is 1.64. The first-order valence-electron chi connectivity index (χ1n) is 13.1. The minimum atomic E-state index is -0.455. The Morgan fingerprint density at radius 3 is 2.37 bits per heavy atom. The molecule has 5 aromatic rings. The molecule has 3 aromatic carbocycles. The fraction of sp³-hybridized carbons (Fsp3) is 0.0625. The van der Waals surface area contributed by atoms with Gasteiger partial charge in [0.05, 0.1) is 10.9 Å². The van der Waals surface area contributed by atoms with Crippen LogP contribution >= 0.6 is 46.0 Å². The number of carbonyl (C=O) groups is 3. The van der Waals surface area contributed by atoms with Crippen LogP contribution in [0.3, 0.4) is 0 Å².